The van der Waals surface area contributed by atoms with Crippen molar-refractivity contribution in [2.45, 2.75) is 6.54 Å². The Hall–Kier alpha value is -2.17. The number of hydrogen-bond acceptors (Lipinski definition) is 4. The van der Waals surface area contributed by atoms with Crippen LogP contribution >= 0.6 is 0 Å². The second kappa shape index (κ2) is 4.57. The summed E-state index contributed by atoms with van der Waals surface area (Å²) >= 11 is 0. The van der Waals surface area contributed by atoms with Crippen LogP contribution in [-0.2, 0) is 6.54 Å². The minimum Gasteiger partial charge on any atom is -0.384 e. The monoisotopic (exact) mass is 218 g/mol. The van der Waals surface area contributed by atoms with Gasteiger partial charge in [-0.2, -0.15) is 4.98 Å². The van der Waals surface area contributed by atoms with E-state index in [1.807, 2.05) is 0 Å². The van der Waals surface area contributed by atoms with E-state index in [0.717, 1.165) is 0 Å². The SMILES string of the molecule is Nc1ccnc(NCc2ccccc2F)n1. The third-order valence-electron chi connectivity index (χ3n) is 2.07. The molecule has 0 saturated heterocycles. The summed E-state index contributed by atoms with van der Waals surface area (Å²) in [4.78, 5) is 7.91. The average Bonchev–Trinajstić information content (AvgIpc) is 2.28. The first kappa shape index (κ1) is 10.4. The lowest BCUT2D eigenvalue weighted by molar-refractivity contribution is 0.612. The maximum Gasteiger partial charge on any atom is 0.224 e. The number of benzene rings is 1. The van der Waals surface area contributed by atoms with E-state index in [-0.39, 0.29) is 5.82 Å². The fraction of sp³-hybridized carbons (Fsp3) is 0.0909. The highest BCUT2D eigenvalue weighted by Gasteiger charge is 2.01. The third-order valence-corrected chi connectivity index (χ3v) is 2.07. The predicted molar refractivity (Wildman–Crippen MR) is 60.2 cm³/mol. The normalized spacial score (nSPS) is 10.1. The molecule has 0 radical (unpaired) electrons. The minimum atomic E-state index is -0.251. The molecular weight excluding hydrogens is 207 g/mol. The number of nitrogens with two attached hydrogens (primary N) is 1. The van der Waals surface area contributed by atoms with Gasteiger partial charge in [-0.25, -0.2) is 9.37 Å². The molecule has 0 atom stereocenters. The molecule has 0 aliphatic rings. The van der Waals surface area contributed by atoms with E-state index in [1.165, 1.54) is 6.07 Å². The van der Waals surface area contributed by atoms with Gasteiger partial charge in [0.2, 0.25) is 5.95 Å². The van der Waals surface area contributed by atoms with Crippen LogP contribution in [0.5, 0.6) is 0 Å². The Morgan fingerprint density at radius 2 is 2.06 bits per heavy atom. The van der Waals surface area contributed by atoms with Crippen molar-refractivity contribution in [3.8, 4) is 0 Å². The summed E-state index contributed by atoms with van der Waals surface area (Å²) in [5.74, 6) is 0.521. The molecule has 0 bridgehead atoms. The van der Waals surface area contributed by atoms with Crippen LogP contribution in [0.1, 0.15) is 5.56 Å². The van der Waals surface area contributed by atoms with Gasteiger partial charge in [-0.3, -0.25) is 0 Å². The summed E-state index contributed by atoms with van der Waals surface area (Å²) in [6, 6.07) is 8.14. The summed E-state index contributed by atoms with van der Waals surface area (Å²) in [6.07, 6.45) is 1.55. The molecule has 5 heteroatoms. The Bertz CT molecular complexity index is 487. The smallest absolute Gasteiger partial charge is 0.224 e. The summed E-state index contributed by atoms with van der Waals surface area (Å²) in [7, 11) is 0. The minimum absolute atomic E-state index is 0.251. The number of anilines is 2. The summed E-state index contributed by atoms with van der Waals surface area (Å²) in [6.45, 7) is 0.329. The van der Waals surface area contributed by atoms with Crippen LogP contribution in [0.25, 0.3) is 0 Å². The van der Waals surface area contributed by atoms with Crippen molar-refractivity contribution in [2.75, 3.05) is 11.1 Å². The summed E-state index contributed by atoms with van der Waals surface area (Å²) in [5, 5.41) is 2.90. The van der Waals surface area contributed by atoms with Crippen LogP contribution in [0.2, 0.25) is 0 Å². The molecule has 4 nitrogen and oxygen atoms in total. The van der Waals surface area contributed by atoms with E-state index >= 15 is 0 Å². The Kier molecular flexibility index (Phi) is 2.95. The highest BCUT2D eigenvalue weighted by molar-refractivity contribution is 5.35. The fourth-order valence-electron chi connectivity index (χ4n) is 1.27. The van der Waals surface area contributed by atoms with E-state index in [4.69, 9.17) is 5.73 Å². The quantitative estimate of drug-likeness (QED) is 0.824. The predicted octanol–water partition coefficient (Wildman–Crippen LogP) is 1.81. The second-order valence-corrected chi connectivity index (χ2v) is 3.25. The highest BCUT2D eigenvalue weighted by atomic mass is 19.1. The van der Waals surface area contributed by atoms with E-state index < -0.39 is 0 Å². The van der Waals surface area contributed by atoms with Gasteiger partial charge in [0, 0.05) is 18.3 Å². The van der Waals surface area contributed by atoms with Crippen molar-refractivity contribution >= 4 is 11.8 Å². The number of nitrogens with zero attached hydrogens (tertiary/aromatic N) is 2. The van der Waals surface area contributed by atoms with E-state index in [2.05, 4.69) is 15.3 Å². The van der Waals surface area contributed by atoms with Crippen molar-refractivity contribution in [2.24, 2.45) is 0 Å². The molecule has 0 saturated carbocycles. The lowest BCUT2D eigenvalue weighted by atomic mass is 10.2. The number of halogens is 1. The van der Waals surface area contributed by atoms with Gasteiger partial charge in [0.1, 0.15) is 11.6 Å². The molecule has 2 aromatic rings. The topological polar surface area (TPSA) is 63.8 Å². The zero-order valence-corrected chi connectivity index (χ0v) is 8.52. The Morgan fingerprint density at radius 3 is 2.81 bits per heavy atom. The van der Waals surface area contributed by atoms with Crippen LogP contribution in [0.15, 0.2) is 36.5 Å². The van der Waals surface area contributed by atoms with Gasteiger partial charge in [0.05, 0.1) is 0 Å². The molecule has 1 aromatic carbocycles. The zero-order chi connectivity index (χ0) is 11.4. The lowest BCUT2D eigenvalue weighted by Crippen LogP contribution is -2.05. The number of nitrogens with one attached hydrogen (secondary N) is 1. The summed E-state index contributed by atoms with van der Waals surface area (Å²) < 4.78 is 13.3. The van der Waals surface area contributed by atoms with Crippen LogP contribution in [0.3, 0.4) is 0 Å². The lowest BCUT2D eigenvalue weighted by Gasteiger charge is -2.05. The molecule has 1 heterocycles. The first-order chi connectivity index (χ1) is 7.75. The fourth-order valence-corrected chi connectivity index (χ4v) is 1.27. The molecule has 1 aromatic heterocycles. The highest BCUT2D eigenvalue weighted by Crippen LogP contribution is 2.08. The van der Waals surface area contributed by atoms with Crippen LogP contribution < -0.4 is 11.1 Å². The van der Waals surface area contributed by atoms with Gasteiger partial charge in [0.25, 0.3) is 0 Å². The molecule has 0 fully saturated rings. The number of aromatic nitrogens is 2. The molecule has 0 aliphatic heterocycles. The first-order valence-corrected chi connectivity index (χ1v) is 4.81. The maximum absolute atomic E-state index is 13.3. The number of rotatable bonds is 3. The second-order valence-electron chi connectivity index (χ2n) is 3.25. The number of hydrogen-bond donors (Lipinski definition) is 2. The molecular formula is C11H11FN4. The molecule has 16 heavy (non-hydrogen) atoms. The van der Waals surface area contributed by atoms with E-state index in [9.17, 15) is 4.39 Å². The van der Waals surface area contributed by atoms with Crippen LogP contribution in [-0.4, -0.2) is 9.97 Å². The van der Waals surface area contributed by atoms with Gasteiger partial charge in [-0.15, -0.1) is 0 Å². The van der Waals surface area contributed by atoms with E-state index in [0.29, 0.717) is 23.9 Å². The van der Waals surface area contributed by atoms with Gasteiger partial charge in [0.15, 0.2) is 0 Å². The molecule has 0 aliphatic carbocycles. The van der Waals surface area contributed by atoms with E-state index in [1.54, 1.807) is 30.5 Å². The molecule has 3 N–H and O–H groups in total. The maximum atomic E-state index is 13.3. The van der Waals surface area contributed by atoms with Crippen LogP contribution in [0.4, 0.5) is 16.2 Å². The van der Waals surface area contributed by atoms with Gasteiger partial charge >= 0.3 is 0 Å². The largest absolute Gasteiger partial charge is 0.384 e. The van der Waals surface area contributed by atoms with Gasteiger partial charge < -0.3 is 11.1 Å². The molecule has 82 valence electrons. The molecule has 2 rings (SSSR count). The van der Waals surface area contributed by atoms with Crippen molar-refractivity contribution in [1.82, 2.24) is 9.97 Å². The van der Waals surface area contributed by atoms with Gasteiger partial charge in [-0.1, -0.05) is 18.2 Å². The van der Waals surface area contributed by atoms with Crippen molar-refractivity contribution in [3.63, 3.8) is 0 Å². The molecule has 0 spiro atoms. The van der Waals surface area contributed by atoms with Crippen LogP contribution in [0, 0.1) is 5.82 Å². The van der Waals surface area contributed by atoms with Crippen molar-refractivity contribution in [3.05, 3.63) is 47.9 Å². The average molecular weight is 218 g/mol. The third kappa shape index (κ3) is 2.44. The number of nitrogen functional groups attached to an aromatic ring is 1. The molecule has 0 amide bonds. The van der Waals surface area contributed by atoms with Crippen molar-refractivity contribution < 1.29 is 4.39 Å². The first-order valence-electron chi connectivity index (χ1n) is 4.81. The molecule has 0 unspecified atom stereocenters. The zero-order valence-electron chi connectivity index (χ0n) is 8.52. The standard InChI is InChI=1S/C11H11FN4/c12-9-4-2-1-3-8(9)7-15-11-14-6-5-10(13)16-11/h1-6H,7H2,(H3,13,14,15,16). The van der Waals surface area contributed by atoms with Gasteiger partial charge in [-0.05, 0) is 12.1 Å². The Morgan fingerprint density at radius 1 is 1.25 bits per heavy atom. The van der Waals surface area contributed by atoms with Crippen molar-refractivity contribution in [1.29, 1.82) is 0 Å². The Labute approximate surface area is 92.3 Å². The summed E-state index contributed by atoms with van der Waals surface area (Å²) in [5.41, 5.74) is 6.06. The Balaban J connectivity index is 2.05.